The van der Waals surface area contributed by atoms with Crippen molar-refractivity contribution in [2.24, 2.45) is 0 Å². The number of likely N-dealkylation sites (tertiary alicyclic amines) is 1. The lowest BCUT2D eigenvalue weighted by Crippen LogP contribution is -2.51. The van der Waals surface area contributed by atoms with Crippen LogP contribution in [0.4, 0.5) is 5.82 Å². The van der Waals surface area contributed by atoms with E-state index in [-0.39, 0.29) is 30.6 Å². The smallest absolute Gasteiger partial charge is 0.240 e. The van der Waals surface area contributed by atoms with Crippen molar-refractivity contribution in [1.82, 2.24) is 14.8 Å². The molecule has 0 aliphatic carbocycles. The van der Waals surface area contributed by atoms with E-state index in [1.807, 2.05) is 6.07 Å². The first kappa shape index (κ1) is 22.1. The summed E-state index contributed by atoms with van der Waals surface area (Å²) in [7, 11) is 3.01. The molecule has 0 spiro atoms. The number of aromatic nitrogens is 1. The number of carbonyl (C=O) groups is 3. The summed E-state index contributed by atoms with van der Waals surface area (Å²) in [5.41, 5.74) is -0.594. The largest absolute Gasteiger partial charge is 0.497 e. The van der Waals surface area contributed by atoms with Gasteiger partial charge in [-0.3, -0.25) is 19.3 Å². The number of nitrogens with zero attached hydrogens (tertiary/aromatic N) is 4. The molecule has 0 saturated carbocycles. The second kappa shape index (κ2) is 8.78. The highest BCUT2D eigenvalue weighted by Gasteiger charge is 2.53. The number of amides is 3. The molecular formula is C23H25ClN4O4. The van der Waals surface area contributed by atoms with Gasteiger partial charge in [0, 0.05) is 52.3 Å². The minimum Gasteiger partial charge on any atom is -0.497 e. The molecule has 1 aromatic heterocycles. The van der Waals surface area contributed by atoms with Gasteiger partial charge in [0.05, 0.1) is 17.5 Å². The number of ether oxygens (including phenoxy) is 1. The van der Waals surface area contributed by atoms with Crippen molar-refractivity contribution in [3.05, 3.63) is 53.2 Å². The van der Waals surface area contributed by atoms with Crippen molar-refractivity contribution in [1.29, 1.82) is 0 Å². The molecule has 0 N–H and O–H groups in total. The topological polar surface area (TPSA) is 83.1 Å². The summed E-state index contributed by atoms with van der Waals surface area (Å²) in [5.74, 6) is 0.603. The number of carbonyl (C=O) groups excluding carboxylic acids is 3. The maximum absolute atomic E-state index is 13.3. The van der Waals surface area contributed by atoms with Crippen molar-refractivity contribution in [3.8, 4) is 5.75 Å². The first-order valence-electron chi connectivity index (χ1n) is 10.4. The zero-order valence-corrected chi connectivity index (χ0v) is 18.8. The molecule has 1 aromatic carbocycles. The van der Waals surface area contributed by atoms with E-state index >= 15 is 0 Å². The summed E-state index contributed by atoms with van der Waals surface area (Å²) < 4.78 is 5.31. The first-order valence-corrected chi connectivity index (χ1v) is 10.8. The third-order valence-corrected chi connectivity index (χ3v) is 6.51. The Kier molecular flexibility index (Phi) is 6.06. The van der Waals surface area contributed by atoms with Gasteiger partial charge >= 0.3 is 0 Å². The number of hydrogen-bond acceptors (Lipinski definition) is 6. The van der Waals surface area contributed by atoms with Crippen molar-refractivity contribution in [2.45, 2.75) is 18.3 Å². The van der Waals surface area contributed by atoms with E-state index in [0.717, 1.165) is 10.7 Å². The summed E-state index contributed by atoms with van der Waals surface area (Å²) in [5, 5.41) is 0.575. The van der Waals surface area contributed by atoms with Crippen LogP contribution in [0, 0.1) is 0 Å². The van der Waals surface area contributed by atoms with Crippen LogP contribution in [0.2, 0.25) is 5.02 Å². The minimum atomic E-state index is -1.22. The summed E-state index contributed by atoms with van der Waals surface area (Å²) in [6.07, 6.45) is 1.51. The number of hydrogen-bond donors (Lipinski definition) is 0. The van der Waals surface area contributed by atoms with Crippen LogP contribution in [0.15, 0.2) is 42.6 Å². The van der Waals surface area contributed by atoms with Crippen LogP contribution < -0.4 is 9.64 Å². The van der Waals surface area contributed by atoms with Gasteiger partial charge in [0.1, 0.15) is 11.6 Å². The second-order valence-electron chi connectivity index (χ2n) is 8.13. The molecule has 0 bridgehead atoms. The van der Waals surface area contributed by atoms with Crippen LogP contribution >= 0.6 is 11.6 Å². The van der Waals surface area contributed by atoms with Gasteiger partial charge in [-0.15, -0.1) is 0 Å². The molecular weight excluding hydrogens is 432 g/mol. The third kappa shape index (κ3) is 4.02. The Morgan fingerprint density at radius 3 is 2.50 bits per heavy atom. The fourth-order valence-corrected chi connectivity index (χ4v) is 4.49. The fraction of sp³-hybridized carbons (Fsp3) is 0.391. The summed E-state index contributed by atoms with van der Waals surface area (Å²) in [6.45, 7) is 2.27. The lowest BCUT2D eigenvalue weighted by molar-refractivity contribution is -0.141. The number of rotatable bonds is 5. The average Bonchev–Trinajstić information content (AvgIpc) is 3.04. The molecule has 4 rings (SSSR count). The van der Waals surface area contributed by atoms with E-state index in [1.54, 1.807) is 48.5 Å². The number of anilines is 1. The van der Waals surface area contributed by atoms with Crippen molar-refractivity contribution < 1.29 is 19.1 Å². The Morgan fingerprint density at radius 2 is 1.91 bits per heavy atom. The number of pyridine rings is 1. The van der Waals surface area contributed by atoms with Gasteiger partial charge in [-0.25, -0.2) is 4.98 Å². The summed E-state index contributed by atoms with van der Waals surface area (Å²) in [6, 6.07) is 10.7. The van der Waals surface area contributed by atoms with E-state index in [1.165, 1.54) is 7.05 Å². The van der Waals surface area contributed by atoms with Crippen LogP contribution in [0.1, 0.15) is 18.4 Å². The summed E-state index contributed by atoms with van der Waals surface area (Å²) >= 11 is 5.91. The molecule has 2 aliphatic heterocycles. The molecule has 2 fully saturated rings. The molecule has 3 amide bonds. The van der Waals surface area contributed by atoms with Gasteiger partial charge in [-0.2, -0.15) is 0 Å². The maximum atomic E-state index is 13.3. The lowest BCUT2D eigenvalue weighted by Gasteiger charge is -2.37. The minimum absolute atomic E-state index is 0.0318. The molecule has 2 aliphatic rings. The quantitative estimate of drug-likeness (QED) is 0.641. The molecule has 1 unspecified atom stereocenters. The Labute approximate surface area is 191 Å². The number of imide groups is 1. The van der Waals surface area contributed by atoms with Gasteiger partial charge in [0.25, 0.3) is 0 Å². The molecule has 1 atom stereocenters. The predicted octanol–water partition coefficient (Wildman–Crippen LogP) is 2.11. The van der Waals surface area contributed by atoms with E-state index in [2.05, 4.69) is 9.88 Å². The van der Waals surface area contributed by atoms with Crippen LogP contribution in [-0.4, -0.2) is 72.8 Å². The van der Waals surface area contributed by atoms with Gasteiger partial charge in [-0.05, 0) is 29.8 Å². The third-order valence-electron chi connectivity index (χ3n) is 6.28. The number of methoxy groups -OCH3 is 1. The molecule has 32 heavy (non-hydrogen) atoms. The second-order valence-corrected chi connectivity index (χ2v) is 8.56. The number of halogens is 1. The average molecular weight is 457 g/mol. The van der Waals surface area contributed by atoms with E-state index < -0.39 is 5.41 Å². The number of benzene rings is 1. The normalized spacial score (nSPS) is 21.3. The maximum Gasteiger partial charge on any atom is 0.240 e. The van der Waals surface area contributed by atoms with Crippen molar-refractivity contribution >= 4 is 35.1 Å². The Hall–Kier alpha value is -3.13. The zero-order chi connectivity index (χ0) is 22.9. The summed E-state index contributed by atoms with van der Waals surface area (Å²) in [4.78, 5) is 48.2. The van der Waals surface area contributed by atoms with E-state index in [4.69, 9.17) is 16.3 Å². The Morgan fingerprint density at radius 1 is 1.16 bits per heavy atom. The Bertz CT molecular complexity index is 1040. The highest BCUT2D eigenvalue weighted by Crippen LogP contribution is 2.41. The molecule has 168 valence electrons. The predicted molar refractivity (Wildman–Crippen MR) is 120 cm³/mol. The van der Waals surface area contributed by atoms with Crippen LogP contribution in [-0.2, 0) is 19.8 Å². The zero-order valence-electron chi connectivity index (χ0n) is 18.1. The van der Waals surface area contributed by atoms with Gasteiger partial charge < -0.3 is 14.5 Å². The molecule has 2 saturated heterocycles. The van der Waals surface area contributed by atoms with Crippen LogP contribution in [0.3, 0.4) is 0 Å². The van der Waals surface area contributed by atoms with Crippen molar-refractivity contribution in [3.63, 3.8) is 0 Å². The molecule has 3 heterocycles. The van der Waals surface area contributed by atoms with Gasteiger partial charge in [0.15, 0.2) is 0 Å². The highest BCUT2D eigenvalue weighted by molar-refractivity contribution is 6.30. The fourth-order valence-electron chi connectivity index (χ4n) is 4.38. The molecule has 0 radical (unpaired) electrons. The standard InChI is InChI=1S/C23H25ClN4O4/c1-26-20(29)13-23(22(26)31,16-4-3-5-18(12-16)32-2)14-21(30)28-10-8-27(9-11-28)19-7-6-17(24)15-25-19/h3-7,12,15H,8-11,13-14H2,1-2H3. The monoisotopic (exact) mass is 456 g/mol. The van der Waals surface area contributed by atoms with Gasteiger partial charge in [0.2, 0.25) is 17.7 Å². The van der Waals surface area contributed by atoms with Crippen LogP contribution in [0.25, 0.3) is 0 Å². The van der Waals surface area contributed by atoms with E-state index in [9.17, 15) is 14.4 Å². The van der Waals surface area contributed by atoms with Crippen molar-refractivity contribution in [2.75, 3.05) is 45.2 Å². The SMILES string of the molecule is COc1cccc(C2(CC(=O)N3CCN(c4ccc(Cl)cn4)CC3)CC(=O)N(C)C2=O)c1. The highest BCUT2D eigenvalue weighted by atomic mass is 35.5. The van der Waals surface area contributed by atoms with E-state index in [0.29, 0.717) is 42.5 Å². The molecule has 9 heteroatoms. The molecule has 2 aromatic rings. The van der Waals surface area contributed by atoms with Gasteiger partial charge in [-0.1, -0.05) is 23.7 Å². The molecule has 8 nitrogen and oxygen atoms in total. The Balaban J connectivity index is 1.52. The van der Waals surface area contributed by atoms with Crippen LogP contribution in [0.5, 0.6) is 5.75 Å². The number of likely N-dealkylation sites (N-methyl/N-ethyl adjacent to an activating group) is 1. The first-order chi connectivity index (χ1) is 15.3. The lowest BCUT2D eigenvalue weighted by atomic mass is 9.75. The number of piperazine rings is 1.